The van der Waals surface area contributed by atoms with E-state index in [-0.39, 0.29) is 11.3 Å². The summed E-state index contributed by atoms with van der Waals surface area (Å²) in [6, 6.07) is 10.9. The smallest absolute Gasteiger partial charge is 0.182 e. The first-order valence-electron chi connectivity index (χ1n) is 9.97. The van der Waals surface area contributed by atoms with Crippen molar-refractivity contribution in [3.05, 3.63) is 77.9 Å². The molecule has 5 aromatic rings. The summed E-state index contributed by atoms with van der Waals surface area (Å²) < 4.78 is 30.4. The van der Waals surface area contributed by atoms with Crippen LogP contribution in [0.1, 0.15) is 11.4 Å². The van der Waals surface area contributed by atoms with Gasteiger partial charge in [0.1, 0.15) is 22.8 Å². The lowest BCUT2D eigenvalue weighted by Gasteiger charge is -2.11. The number of benzene rings is 2. The van der Waals surface area contributed by atoms with Gasteiger partial charge in [-0.2, -0.15) is 5.10 Å². The molecule has 0 fully saturated rings. The van der Waals surface area contributed by atoms with Crippen LogP contribution in [0.2, 0.25) is 0 Å². The van der Waals surface area contributed by atoms with Crippen LogP contribution in [0.4, 0.5) is 8.78 Å². The molecule has 0 saturated heterocycles. The number of halogens is 2. The van der Waals surface area contributed by atoms with E-state index in [0.29, 0.717) is 33.9 Å². The van der Waals surface area contributed by atoms with Gasteiger partial charge in [-0.05, 0) is 43.7 Å². The monoisotopic (exact) mass is 428 g/mol. The van der Waals surface area contributed by atoms with Crippen molar-refractivity contribution in [1.82, 2.24) is 29.7 Å². The van der Waals surface area contributed by atoms with E-state index in [0.717, 1.165) is 29.3 Å². The average molecular weight is 428 g/mol. The van der Waals surface area contributed by atoms with E-state index in [1.54, 1.807) is 17.8 Å². The van der Waals surface area contributed by atoms with Crippen LogP contribution in [-0.4, -0.2) is 29.7 Å². The summed E-state index contributed by atoms with van der Waals surface area (Å²) in [5, 5.41) is 4.22. The molecule has 0 amide bonds. The van der Waals surface area contributed by atoms with Crippen molar-refractivity contribution in [3.63, 3.8) is 0 Å². The summed E-state index contributed by atoms with van der Waals surface area (Å²) >= 11 is 0. The first kappa shape index (κ1) is 19.9. The molecule has 0 unspecified atom stereocenters. The topological polar surface area (TPSA) is 69.4 Å². The fourth-order valence-corrected chi connectivity index (χ4v) is 3.52. The van der Waals surface area contributed by atoms with Crippen molar-refractivity contribution in [3.8, 4) is 33.8 Å². The number of hydrogen-bond donors (Lipinski definition) is 0. The van der Waals surface area contributed by atoms with Crippen molar-refractivity contribution in [2.24, 2.45) is 7.05 Å². The van der Waals surface area contributed by atoms with Gasteiger partial charge in [0.15, 0.2) is 11.5 Å². The summed E-state index contributed by atoms with van der Waals surface area (Å²) in [6.45, 7) is 3.63. The summed E-state index contributed by atoms with van der Waals surface area (Å²) in [5.41, 5.74) is 4.83. The number of hydrogen-bond acceptors (Lipinski definition) is 5. The van der Waals surface area contributed by atoms with Crippen LogP contribution >= 0.6 is 0 Å². The molecule has 32 heavy (non-hydrogen) atoms. The van der Waals surface area contributed by atoms with Crippen molar-refractivity contribution in [2.45, 2.75) is 13.8 Å². The molecule has 0 bridgehead atoms. The summed E-state index contributed by atoms with van der Waals surface area (Å²) in [6.07, 6.45) is 3.68. The van der Waals surface area contributed by atoms with E-state index in [2.05, 4.69) is 25.0 Å². The Balaban J connectivity index is 1.77. The number of rotatable bonds is 3. The highest BCUT2D eigenvalue weighted by molar-refractivity contribution is 5.89. The molecule has 3 aromatic heterocycles. The zero-order valence-corrected chi connectivity index (χ0v) is 17.6. The molecule has 0 radical (unpaired) electrons. The van der Waals surface area contributed by atoms with Crippen LogP contribution in [0.5, 0.6) is 0 Å². The zero-order valence-electron chi connectivity index (χ0n) is 17.6. The molecule has 0 atom stereocenters. The molecule has 6 nitrogen and oxygen atoms in total. The SMILES string of the molecule is Cc1nc2nc(-c3cccc(-c4cnn(C)c4)c3)nc(-c3cc(F)ccc3F)c2nc1C. The lowest BCUT2D eigenvalue weighted by molar-refractivity contribution is 0.603. The lowest BCUT2D eigenvalue weighted by atomic mass is 10.0. The highest BCUT2D eigenvalue weighted by Gasteiger charge is 2.18. The largest absolute Gasteiger partial charge is 0.275 e. The van der Waals surface area contributed by atoms with E-state index in [1.165, 1.54) is 0 Å². The molecule has 0 aliphatic carbocycles. The minimum atomic E-state index is -0.596. The Morgan fingerprint density at radius 3 is 2.38 bits per heavy atom. The number of aryl methyl sites for hydroxylation is 3. The van der Waals surface area contributed by atoms with E-state index in [1.807, 2.05) is 44.4 Å². The van der Waals surface area contributed by atoms with E-state index < -0.39 is 11.6 Å². The molecule has 158 valence electrons. The number of aromatic nitrogens is 6. The third-order valence-corrected chi connectivity index (χ3v) is 5.28. The molecule has 0 spiro atoms. The molecule has 0 saturated carbocycles. The second kappa shape index (κ2) is 7.56. The van der Waals surface area contributed by atoms with Crippen LogP contribution < -0.4 is 0 Å². The maximum Gasteiger partial charge on any atom is 0.182 e. The minimum Gasteiger partial charge on any atom is -0.275 e. The summed E-state index contributed by atoms with van der Waals surface area (Å²) in [5.74, 6) is -0.814. The molecule has 5 rings (SSSR count). The van der Waals surface area contributed by atoms with Crippen molar-refractivity contribution in [1.29, 1.82) is 0 Å². The first-order valence-corrected chi connectivity index (χ1v) is 9.97. The van der Waals surface area contributed by atoms with Gasteiger partial charge in [0, 0.05) is 29.9 Å². The van der Waals surface area contributed by atoms with E-state index in [9.17, 15) is 8.78 Å². The third-order valence-electron chi connectivity index (χ3n) is 5.28. The van der Waals surface area contributed by atoms with Crippen LogP contribution in [0.25, 0.3) is 44.9 Å². The number of fused-ring (bicyclic) bond motifs is 1. The van der Waals surface area contributed by atoms with Crippen LogP contribution in [0, 0.1) is 25.5 Å². The Hall–Kier alpha value is -4.07. The molecule has 0 N–H and O–H groups in total. The highest BCUT2D eigenvalue weighted by Crippen LogP contribution is 2.31. The predicted molar refractivity (Wildman–Crippen MR) is 118 cm³/mol. The Morgan fingerprint density at radius 1 is 0.812 bits per heavy atom. The van der Waals surface area contributed by atoms with Crippen molar-refractivity contribution in [2.75, 3.05) is 0 Å². The van der Waals surface area contributed by atoms with Crippen LogP contribution in [0.3, 0.4) is 0 Å². The minimum absolute atomic E-state index is 0.0135. The van der Waals surface area contributed by atoms with E-state index in [4.69, 9.17) is 0 Å². The van der Waals surface area contributed by atoms with Gasteiger partial charge < -0.3 is 0 Å². The Morgan fingerprint density at radius 2 is 1.59 bits per heavy atom. The van der Waals surface area contributed by atoms with Gasteiger partial charge in [-0.25, -0.2) is 28.7 Å². The highest BCUT2D eigenvalue weighted by atomic mass is 19.1. The average Bonchev–Trinajstić information content (AvgIpc) is 3.22. The molecular weight excluding hydrogens is 410 g/mol. The third kappa shape index (κ3) is 3.49. The molecular formula is C24H18F2N6. The van der Waals surface area contributed by atoms with Gasteiger partial charge in [-0.1, -0.05) is 18.2 Å². The number of nitrogens with zero attached hydrogens (tertiary/aromatic N) is 6. The Kier molecular flexibility index (Phi) is 4.70. The van der Waals surface area contributed by atoms with Gasteiger partial charge in [0.05, 0.1) is 17.6 Å². The van der Waals surface area contributed by atoms with E-state index >= 15 is 0 Å². The van der Waals surface area contributed by atoms with Crippen LogP contribution in [0.15, 0.2) is 54.9 Å². The van der Waals surface area contributed by atoms with Crippen LogP contribution in [-0.2, 0) is 7.05 Å². The maximum absolute atomic E-state index is 14.7. The van der Waals surface area contributed by atoms with Gasteiger partial charge >= 0.3 is 0 Å². The van der Waals surface area contributed by atoms with Crippen molar-refractivity contribution >= 4 is 11.2 Å². The molecule has 2 aromatic carbocycles. The molecule has 8 heteroatoms. The molecule has 0 aliphatic heterocycles. The Bertz CT molecular complexity index is 1490. The summed E-state index contributed by atoms with van der Waals surface area (Å²) in [4.78, 5) is 18.3. The zero-order chi connectivity index (χ0) is 22.4. The standard InChI is InChI=1S/C24H18F2N6/c1-13-14(2)29-24-22(28-13)21(19-10-18(25)7-8-20(19)26)30-23(31-24)16-6-4-5-15(9-16)17-11-27-32(3)12-17/h4-12H,1-3H3. The normalized spacial score (nSPS) is 11.3. The second-order valence-electron chi connectivity index (χ2n) is 7.57. The summed E-state index contributed by atoms with van der Waals surface area (Å²) in [7, 11) is 1.85. The first-order chi connectivity index (χ1) is 15.4. The molecule has 3 heterocycles. The van der Waals surface area contributed by atoms with Gasteiger partial charge in [0.2, 0.25) is 0 Å². The van der Waals surface area contributed by atoms with Gasteiger partial charge in [-0.15, -0.1) is 0 Å². The fraction of sp³-hybridized carbons (Fsp3) is 0.125. The predicted octanol–water partition coefficient (Wildman–Crippen LogP) is 5.05. The Labute approximate surface area is 182 Å². The molecule has 0 aliphatic rings. The quantitative estimate of drug-likeness (QED) is 0.402. The van der Waals surface area contributed by atoms with Gasteiger partial charge in [-0.3, -0.25) is 4.68 Å². The van der Waals surface area contributed by atoms with Gasteiger partial charge in [0.25, 0.3) is 0 Å². The van der Waals surface area contributed by atoms with Crippen molar-refractivity contribution < 1.29 is 8.78 Å². The lowest BCUT2D eigenvalue weighted by Crippen LogP contribution is -2.03. The maximum atomic E-state index is 14.7. The second-order valence-corrected chi connectivity index (χ2v) is 7.57. The fourth-order valence-electron chi connectivity index (χ4n) is 3.52.